The predicted molar refractivity (Wildman–Crippen MR) is 154 cm³/mol. The number of hydroxylamine groups is 1. The van der Waals surface area contributed by atoms with E-state index in [1.165, 1.54) is 17.7 Å². The molecule has 41 heavy (non-hydrogen) atoms. The molecule has 9 nitrogen and oxygen atoms in total. The minimum Gasteiger partial charge on any atom is -0.491 e. The number of hydrogen-bond donors (Lipinski definition) is 4. The Morgan fingerprint density at radius 2 is 1.83 bits per heavy atom. The second-order valence-corrected chi connectivity index (χ2v) is 11.7. The largest absolute Gasteiger partial charge is 0.491 e. The third kappa shape index (κ3) is 6.56. The van der Waals surface area contributed by atoms with Crippen LogP contribution in [0.25, 0.3) is 0 Å². The highest BCUT2D eigenvalue weighted by molar-refractivity contribution is 5.98. The second-order valence-electron chi connectivity index (χ2n) is 11.7. The zero-order valence-corrected chi connectivity index (χ0v) is 23.7. The smallest absolute Gasteiger partial charge is 0.274 e. The number of carbonyl (C=O) groups excluding carboxylic acids is 3. The highest BCUT2D eigenvalue weighted by atomic mass is 16.6. The first-order valence-electron chi connectivity index (χ1n) is 14.5. The minimum absolute atomic E-state index is 0.0313. The van der Waals surface area contributed by atoms with Gasteiger partial charge in [0, 0.05) is 35.4 Å². The van der Waals surface area contributed by atoms with Crippen LogP contribution in [0.2, 0.25) is 0 Å². The van der Waals surface area contributed by atoms with Gasteiger partial charge in [0.2, 0.25) is 11.8 Å². The van der Waals surface area contributed by atoms with Gasteiger partial charge in [-0.2, -0.15) is 0 Å². The van der Waals surface area contributed by atoms with E-state index < -0.39 is 11.9 Å². The number of benzene rings is 1. The van der Waals surface area contributed by atoms with Crippen LogP contribution in [0.1, 0.15) is 69.2 Å². The molecule has 1 aromatic rings. The van der Waals surface area contributed by atoms with Crippen LogP contribution in [-0.2, 0) is 19.1 Å². The molecule has 0 aromatic heterocycles. The monoisotopic (exact) mass is 561 g/mol. The van der Waals surface area contributed by atoms with E-state index >= 15 is 0 Å². The number of fused-ring (bicyclic) bond motifs is 1. The maximum Gasteiger partial charge on any atom is 0.274 e. The normalized spacial score (nSPS) is 26.0. The van der Waals surface area contributed by atoms with E-state index in [4.69, 9.17) is 14.7 Å². The van der Waals surface area contributed by atoms with Gasteiger partial charge in [-0.1, -0.05) is 49.3 Å². The Morgan fingerprint density at radius 1 is 1.07 bits per heavy atom. The van der Waals surface area contributed by atoms with Crippen molar-refractivity contribution in [1.29, 1.82) is 0 Å². The fourth-order valence-corrected chi connectivity index (χ4v) is 6.33. The summed E-state index contributed by atoms with van der Waals surface area (Å²) in [6, 6.07) is 5.41. The van der Waals surface area contributed by atoms with Crippen LogP contribution in [-0.4, -0.2) is 42.2 Å². The van der Waals surface area contributed by atoms with Gasteiger partial charge in [0.25, 0.3) is 5.91 Å². The molecule has 5 rings (SSSR count). The lowest BCUT2D eigenvalue weighted by atomic mass is 9.69. The summed E-state index contributed by atoms with van der Waals surface area (Å²) < 4.78 is 11.6. The van der Waals surface area contributed by atoms with Crippen molar-refractivity contribution in [3.8, 4) is 0 Å². The summed E-state index contributed by atoms with van der Waals surface area (Å²) in [6.07, 6.45) is 13.9. The number of anilines is 1. The molecule has 0 spiro atoms. The molecule has 3 amide bonds. The summed E-state index contributed by atoms with van der Waals surface area (Å²) in [5.74, 6) is 0.311. The Labute approximate surface area is 240 Å². The van der Waals surface area contributed by atoms with Gasteiger partial charge in [-0.25, -0.2) is 5.48 Å². The van der Waals surface area contributed by atoms with Crippen molar-refractivity contribution in [3.05, 3.63) is 76.8 Å². The van der Waals surface area contributed by atoms with E-state index in [2.05, 4.69) is 41.9 Å². The maximum absolute atomic E-state index is 13.7. The molecule has 4 aliphatic rings. The van der Waals surface area contributed by atoms with Crippen LogP contribution in [0.5, 0.6) is 0 Å². The summed E-state index contributed by atoms with van der Waals surface area (Å²) in [5, 5.41) is 14.9. The number of hydrogen-bond acceptors (Lipinski definition) is 6. The van der Waals surface area contributed by atoms with Crippen LogP contribution < -0.4 is 16.1 Å². The number of nitrogens with one attached hydrogen (secondary N) is 3. The minimum atomic E-state index is -0.786. The fraction of sp³-hybridized carbons (Fsp3) is 0.469. The van der Waals surface area contributed by atoms with E-state index in [0.717, 1.165) is 36.4 Å². The molecule has 4 atom stereocenters. The number of rotatable bonds is 7. The molecule has 0 saturated carbocycles. The summed E-state index contributed by atoms with van der Waals surface area (Å²) >= 11 is 0. The van der Waals surface area contributed by atoms with Gasteiger partial charge in [0.05, 0.1) is 0 Å². The molecule has 218 valence electrons. The van der Waals surface area contributed by atoms with Gasteiger partial charge in [0.15, 0.2) is 0 Å². The quantitative estimate of drug-likeness (QED) is 0.213. The van der Waals surface area contributed by atoms with Gasteiger partial charge in [-0.05, 0) is 62.3 Å². The standard InChI is InChI=1S/C32H39N3O6/c1-20-17-28-27(40-15-16-41-28)13-12-25(20)30(37)34-26(18-21-6-9-23-5-3-4-14-32(23,2)19-21)31(38)33-24-10-7-22(8-11-24)29(36)35-39/h4,6-11,14,20,25-26,39H,3,5,12-13,15-19H2,1-2H3,(H,33,38)(H,34,37)(H,35,36)/t20?,25?,26-,32+/m0/s1. The average Bonchev–Trinajstić information content (AvgIpc) is 3.14. The molecule has 0 fully saturated rings. The van der Waals surface area contributed by atoms with Crippen LogP contribution >= 0.6 is 0 Å². The number of ether oxygens (including phenoxy) is 2. The molecule has 1 aromatic carbocycles. The molecular weight excluding hydrogens is 522 g/mol. The van der Waals surface area contributed by atoms with Crippen LogP contribution in [0, 0.1) is 17.3 Å². The zero-order valence-electron chi connectivity index (χ0n) is 23.7. The first kappa shape index (κ1) is 28.7. The molecule has 3 aliphatic carbocycles. The lowest BCUT2D eigenvalue weighted by Crippen LogP contribution is -2.47. The van der Waals surface area contributed by atoms with Crippen LogP contribution in [0.4, 0.5) is 5.69 Å². The maximum atomic E-state index is 13.7. The highest BCUT2D eigenvalue weighted by Crippen LogP contribution is 2.44. The highest BCUT2D eigenvalue weighted by Gasteiger charge is 2.36. The van der Waals surface area contributed by atoms with Crippen molar-refractivity contribution in [2.45, 2.75) is 64.8 Å². The lowest BCUT2D eigenvalue weighted by Gasteiger charge is -2.36. The number of allylic oxidation sites excluding steroid dienone is 7. The summed E-state index contributed by atoms with van der Waals surface area (Å²) in [7, 11) is 0. The summed E-state index contributed by atoms with van der Waals surface area (Å²) in [4.78, 5) is 39.0. The van der Waals surface area contributed by atoms with E-state index in [9.17, 15) is 14.4 Å². The Morgan fingerprint density at radius 3 is 2.59 bits per heavy atom. The average molecular weight is 562 g/mol. The molecule has 1 heterocycles. The molecule has 9 heteroatoms. The Kier molecular flexibility index (Phi) is 8.63. The Bertz CT molecular complexity index is 1310. The molecule has 0 bridgehead atoms. The van der Waals surface area contributed by atoms with E-state index in [1.807, 2.05) is 6.92 Å². The van der Waals surface area contributed by atoms with Crippen molar-refractivity contribution in [3.63, 3.8) is 0 Å². The molecule has 2 unspecified atom stereocenters. The SMILES string of the molecule is CC1CC2=C(CCC1C(=O)N[C@@H](CC1=CC=C3CCC=C[C@]3(C)C1)C(=O)Nc1ccc(C(=O)NO)cc1)OCCO2. The lowest BCUT2D eigenvalue weighted by molar-refractivity contribution is -0.130. The summed E-state index contributed by atoms with van der Waals surface area (Å²) in [6.45, 7) is 5.32. The predicted octanol–water partition coefficient (Wildman–Crippen LogP) is 4.93. The van der Waals surface area contributed by atoms with Crippen molar-refractivity contribution in [2.24, 2.45) is 17.3 Å². The van der Waals surface area contributed by atoms with Crippen molar-refractivity contribution < 1.29 is 29.1 Å². The molecule has 0 saturated heterocycles. The van der Waals surface area contributed by atoms with Gasteiger partial charge >= 0.3 is 0 Å². The number of amides is 3. The molecule has 4 N–H and O–H groups in total. The van der Waals surface area contributed by atoms with Crippen molar-refractivity contribution in [1.82, 2.24) is 10.8 Å². The van der Waals surface area contributed by atoms with E-state index in [0.29, 0.717) is 44.6 Å². The second kappa shape index (κ2) is 12.3. The third-order valence-corrected chi connectivity index (χ3v) is 8.69. The fourth-order valence-electron chi connectivity index (χ4n) is 6.33. The van der Waals surface area contributed by atoms with Gasteiger partial charge in [0.1, 0.15) is 30.8 Å². The Balaban J connectivity index is 1.33. The molecular formula is C32H39N3O6. The van der Waals surface area contributed by atoms with Crippen LogP contribution in [0.3, 0.4) is 0 Å². The van der Waals surface area contributed by atoms with Gasteiger partial charge in [-0.15, -0.1) is 0 Å². The van der Waals surface area contributed by atoms with Crippen LogP contribution in [0.15, 0.2) is 71.2 Å². The Hall–Kier alpha value is -3.85. The molecule has 0 radical (unpaired) electrons. The first-order chi connectivity index (χ1) is 19.8. The number of carbonyl (C=O) groups is 3. The van der Waals surface area contributed by atoms with Crippen molar-refractivity contribution >= 4 is 23.4 Å². The zero-order chi connectivity index (χ0) is 29.0. The van der Waals surface area contributed by atoms with Gasteiger partial charge in [-0.3, -0.25) is 19.6 Å². The topological polar surface area (TPSA) is 126 Å². The third-order valence-electron chi connectivity index (χ3n) is 8.69. The first-order valence-corrected chi connectivity index (χ1v) is 14.5. The van der Waals surface area contributed by atoms with E-state index in [1.54, 1.807) is 17.6 Å². The van der Waals surface area contributed by atoms with Crippen molar-refractivity contribution in [2.75, 3.05) is 18.5 Å². The van der Waals surface area contributed by atoms with Gasteiger partial charge < -0.3 is 20.1 Å². The molecule has 1 aliphatic heterocycles. The van der Waals surface area contributed by atoms with E-state index in [-0.39, 0.29) is 34.6 Å². The summed E-state index contributed by atoms with van der Waals surface area (Å²) in [5.41, 5.74) is 4.77.